The molecule has 0 aromatic heterocycles. The maximum absolute atomic E-state index is 5.37. The lowest BCUT2D eigenvalue weighted by molar-refractivity contribution is 0.404. The Labute approximate surface area is 114 Å². The number of methoxy groups -OCH3 is 1. The highest BCUT2D eigenvalue weighted by Gasteiger charge is 2.05. The van der Waals surface area contributed by atoms with Crippen molar-refractivity contribution in [3.8, 4) is 5.75 Å². The van der Waals surface area contributed by atoms with E-state index in [1.165, 1.54) is 10.5 Å². The molecular formula is C14H13BrOS. The van der Waals surface area contributed by atoms with Crippen molar-refractivity contribution in [3.63, 3.8) is 0 Å². The van der Waals surface area contributed by atoms with Crippen LogP contribution in [0.4, 0.5) is 0 Å². The van der Waals surface area contributed by atoms with E-state index in [9.17, 15) is 0 Å². The smallest absolute Gasteiger partial charge is 0.133 e. The molecule has 0 fully saturated rings. The molecule has 0 aliphatic heterocycles. The summed E-state index contributed by atoms with van der Waals surface area (Å²) < 4.78 is 6.40. The van der Waals surface area contributed by atoms with E-state index in [1.54, 1.807) is 18.9 Å². The fourth-order valence-corrected chi connectivity index (χ4v) is 2.70. The van der Waals surface area contributed by atoms with Gasteiger partial charge in [-0.1, -0.05) is 45.4 Å². The van der Waals surface area contributed by atoms with Crippen molar-refractivity contribution in [1.29, 1.82) is 0 Å². The standard InChI is InChI=1S/C14H13BrOS/c1-10-3-6-12(7-4-10)17-14-8-5-11(15)9-13(14)16-2/h3-9H,1-2H3. The lowest BCUT2D eigenvalue weighted by atomic mass is 10.2. The summed E-state index contributed by atoms with van der Waals surface area (Å²) in [5, 5.41) is 0. The van der Waals surface area contributed by atoms with Crippen molar-refractivity contribution in [2.24, 2.45) is 0 Å². The van der Waals surface area contributed by atoms with Gasteiger partial charge in [0.2, 0.25) is 0 Å². The van der Waals surface area contributed by atoms with Gasteiger partial charge < -0.3 is 4.74 Å². The Morgan fingerprint density at radius 1 is 1.06 bits per heavy atom. The molecule has 1 nitrogen and oxygen atoms in total. The van der Waals surface area contributed by atoms with Crippen LogP contribution in [0.3, 0.4) is 0 Å². The second kappa shape index (κ2) is 5.61. The molecule has 0 atom stereocenters. The van der Waals surface area contributed by atoms with Crippen LogP contribution in [-0.4, -0.2) is 7.11 Å². The van der Waals surface area contributed by atoms with E-state index in [0.29, 0.717) is 0 Å². The summed E-state index contributed by atoms with van der Waals surface area (Å²) in [6, 6.07) is 14.6. The van der Waals surface area contributed by atoms with Crippen LogP contribution in [-0.2, 0) is 0 Å². The van der Waals surface area contributed by atoms with Gasteiger partial charge in [-0.05, 0) is 37.3 Å². The Balaban J connectivity index is 2.26. The van der Waals surface area contributed by atoms with Crippen LogP contribution in [0.15, 0.2) is 56.7 Å². The first-order chi connectivity index (χ1) is 8.19. The Bertz CT molecular complexity index is 508. The number of aryl methyl sites for hydroxylation is 1. The Morgan fingerprint density at radius 3 is 2.41 bits per heavy atom. The van der Waals surface area contributed by atoms with Crippen LogP contribution in [0.2, 0.25) is 0 Å². The van der Waals surface area contributed by atoms with E-state index in [2.05, 4.69) is 53.2 Å². The normalized spacial score (nSPS) is 10.3. The summed E-state index contributed by atoms with van der Waals surface area (Å²) in [6.07, 6.45) is 0. The number of hydrogen-bond donors (Lipinski definition) is 0. The van der Waals surface area contributed by atoms with Gasteiger partial charge in [-0.2, -0.15) is 0 Å². The van der Waals surface area contributed by atoms with Crippen molar-refractivity contribution >= 4 is 27.7 Å². The molecule has 17 heavy (non-hydrogen) atoms. The summed E-state index contributed by atoms with van der Waals surface area (Å²) in [7, 11) is 1.70. The van der Waals surface area contributed by atoms with Crippen molar-refractivity contribution in [2.75, 3.05) is 7.11 Å². The molecule has 0 aliphatic rings. The Morgan fingerprint density at radius 2 is 1.76 bits per heavy atom. The average molecular weight is 309 g/mol. The maximum Gasteiger partial charge on any atom is 0.133 e. The quantitative estimate of drug-likeness (QED) is 0.796. The van der Waals surface area contributed by atoms with E-state index < -0.39 is 0 Å². The van der Waals surface area contributed by atoms with Gasteiger partial charge in [0, 0.05) is 9.37 Å². The zero-order valence-corrected chi connectivity index (χ0v) is 12.1. The number of rotatable bonds is 3. The van der Waals surface area contributed by atoms with Gasteiger partial charge in [0.25, 0.3) is 0 Å². The van der Waals surface area contributed by atoms with Crippen LogP contribution in [0.5, 0.6) is 5.75 Å². The largest absolute Gasteiger partial charge is 0.496 e. The van der Waals surface area contributed by atoms with Gasteiger partial charge in [-0.3, -0.25) is 0 Å². The Hall–Kier alpha value is -0.930. The van der Waals surface area contributed by atoms with E-state index in [4.69, 9.17) is 4.74 Å². The van der Waals surface area contributed by atoms with Crippen LogP contribution < -0.4 is 4.74 Å². The number of hydrogen-bond acceptors (Lipinski definition) is 2. The second-order valence-corrected chi connectivity index (χ2v) is 5.74. The predicted octanol–water partition coefficient (Wildman–Crippen LogP) is 4.92. The first-order valence-electron chi connectivity index (χ1n) is 5.27. The molecule has 0 spiro atoms. The average Bonchev–Trinajstić information content (AvgIpc) is 2.34. The topological polar surface area (TPSA) is 9.23 Å². The molecule has 2 aromatic carbocycles. The SMILES string of the molecule is COc1cc(Br)ccc1Sc1ccc(C)cc1. The highest BCUT2D eigenvalue weighted by molar-refractivity contribution is 9.10. The van der Waals surface area contributed by atoms with Crippen LogP contribution in [0.25, 0.3) is 0 Å². The third-order valence-corrected chi connectivity index (χ3v) is 3.93. The summed E-state index contributed by atoms with van der Waals surface area (Å²) in [6.45, 7) is 2.09. The van der Waals surface area contributed by atoms with Gasteiger partial charge in [-0.15, -0.1) is 0 Å². The third-order valence-electron chi connectivity index (χ3n) is 2.37. The van der Waals surface area contributed by atoms with Gasteiger partial charge in [0.1, 0.15) is 5.75 Å². The van der Waals surface area contributed by atoms with Gasteiger partial charge in [0.05, 0.1) is 12.0 Å². The minimum absolute atomic E-state index is 0.893. The van der Waals surface area contributed by atoms with Crippen molar-refractivity contribution < 1.29 is 4.74 Å². The van der Waals surface area contributed by atoms with E-state index in [0.717, 1.165) is 15.1 Å². The molecule has 0 aliphatic carbocycles. The maximum atomic E-state index is 5.37. The van der Waals surface area contributed by atoms with E-state index in [-0.39, 0.29) is 0 Å². The van der Waals surface area contributed by atoms with Crippen molar-refractivity contribution in [1.82, 2.24) is 0 Å². The zero-order valence-electron chi connectivity index (χ0n) is 9.74. The predicted molar refractivity (Wildman–Crippen MR) is 76.0 cm³/mol. The summed E-state index contributed by atoms with van der Waals surface area (Å²) >= 11 is 5.15. The number of ether oxygens (including phenoxy) is 1. The lowest BCUT2D eigenvalue weighted by Gasteiger charge is -2.08. The molecule has 0 radical (unpaired) electrons. The minimum Gasteiger partial charge on any atom is -0.496 e. The highest BCUT2D eigenvalue weighted by atomic mass is 79.9. The monoisotopic (exact) mass is 308 g/mol. The van der Waals surface area contributed by atoms with Gasteiger partial charge in [-0.25, -0.2) is 0 Å². The molecule has 0 saturated carbocycles. The van der Waals surface area contributed by atoms with E-state index in [1.807, 2.05) is 12.1 Å². The first-order valence-corrected chi connectivity index (χ1v) is 6.88. The van der Waals surface area contributed by atoms with Crippen molar-refractivity contribution in [3.05, 3.63) is 52.5 Å². The fraction of sp³-hybridized carbons (Fsp3) is 0.143. The summed E-state index contributed by atoms with van der Waals surface area (Å²) in [5.41, 5.74) is 1.28. The van der Waals surface area contributed by atoms with Gasteiger partial charge >= 0.3 is 0 Å². The molecule has 0 amide bonds. The lowest BCUT2D eigenvalue weighted by Crippen LogP contribution is -1.86. The molecule has 0 saturated heterocycles. The molecule has 88 valence electrons. The molecule has 0 bridgehead atoms. The van der Waals surface area contributed by atoms with E-state index >= 15 is 0 Å². The molecule has 0 unspecified atom stereocenters. The molecule has 0 heterocycles. The first kappa shape index (κ1) is 12.5. The molecule has 2 rings (SSSR count). The Kier molecular flexibility index (Phi) is 4.13. The number of halogens is 1. The summed E-state index contributed by atoms with van der Waals surface area (Å²) in [4.78, 5) is 2.34. The summed E-state index contributed by atoms with van der Waals surface area (Å²) in [5.74, 6) is 0.893. The van der Waals surface area contributed by atoms with Crippen LogP contribution in [0.1, 0.15) is 5.56 Å². The van der Waals surface area contributed by atoms with Crippen molar-refractivity contribution in [2.45, 2.75) is 16.7 Å². The molecule has 2 aromatic rings. The third kappa shape index (κ3) is 3.27. The van der Waals surface area contributed by atoms with Crippen LogP contribution >= 0.6 is 27.7 Å². The minimum atomic E-state index is 0.893. The second-order valence-electron chi connectivity index (χ2n) is 3.71. The van der Waals surface area contributed by atoms with Gasteiger partial charge in [0.15, 0.2) is 0 Å². The fourth-order valence-electron chi connectivity index (χ4n) is 1.46. The molecule has 0 N–H and O–H groups in total. The molecule has 3 heteroatoms. The number of benzene rings is 2. The highest BCUT2D eigenvalue weighted by Crippen LogP contribution is 2.36. The van der Waals surface area contributed by atoms with Crippen LogP contribution in [0, 0.1) is 6.92 Å². The molecular weight excluding hydrogens is 296 g/mol. The zero-order chi connectivity index (χ0) is 12.3.